The van der Waals surface area contributed by atoms with Crippen molar-refractivity contribution in [3.63, 3.8) is 0 Å². The Kier molecular flexibility index (Phi) is 4.98. The summed E-state index contributed by atoms with van der Waals surface area (Å²) in [7, 11) is 0. The SMILES string of the molecule is O=C(Nc1cc(CSCCO)ccn1)C1(c2ccccc2)CC1. The summed E-state index contributed by atoms with van der Waals surface area (Å²) in [6.45, 7) is 0.180. The van der Waals surface area contributed by atoms with Gasteiger partial charge in [-0.15, -0.1) is 0 Å². The van der Waals surface area contributed by atoms with Crippen LogP contribution in [0.4, 0.5) is 5.82 Å². The van der Waals surface area contributed by atoms with Gasteiger partial charge in [-0.3, -0.25) is 4.79 Å². The first-order valence-electron chi connectivity index (χ1n) is 7.75. The largest absolute Gasteiger partial charge is 0.396 e. The van der Waals surface area contributed by atoms with E-state index in [1.165, 1.54) is 0 Å². The summed E-state index contributed by atoms with van der Waals surface area (Å²) < 4.78 is 0. The van der Waals surface area contributed by atoms with Crippen LogP contribution in [0.25, 0.3) is 0 Å². The van der Waals surface area contributed by atoms with E-state index in [4.69, 9.17) is 5.11 Å². The molecule has 0 unspecified atom stereocenters. The fourth-order valence-electron chi connectivity index (χ4n) is 2.65. The number of benzene rings is 1. The number of aliphatic hydroxyl groups is 1. The highest BCUT2D eigenvalue weighted by Gasteiger charge is 2.51. The number of nitrogens with one attached hydrogen (secondary N) is 1. The van der Waals surface area contributed by atoms with E-state index in [9.17, 15) is 4.79 Å². The fraction of sp³-hybridized carbons (Fsp3) is 0.333. The monoisotopic (exact) mass is 328 g/mol. The molecule has 1 saturated carbocycles. The Bertz CT molecular complexity index is 672. The Balaban J connectivity index is 1.67. The van der Waals surface area contributed by atoms with E-state index in [1.807, 2.05) is 42.5 Å². The van der Waals surface area contributed by atoms with Crippen molar-refractivity contribution in [1.29, 1.82) is 0 Å². The van der Waals surface area contributed by atoms with Crippen LogP contribution in [0.3, 0.4) is 0 Å². The van der Waals surface area contributed by atoms with Crippen LogP contribution in [0.1, 0.15) is 24.0 Å². The molecule has 1 heterocycles. The summed E-state index contributed by atoms with van der Waals surface area (Å²) in [5, 5.41) is 11.8. The number of amides is 1. The average Bonchev–Trinajstić information content (AvgIpc) is 3.38. The van der Waals surface area contributed by atoms with Gasteiger partial charge < -0.3 is 10.4 Å². The number of nitrogens with zero attached hydrogens (tertiary/aromatic N) is 1. The molecule has 2 N–H and O–H groups in total. The minimum Gasteiger partial charge on any atom is -0.396 e. The van der Waals surface area contributed by atoms with Gasteiger partial charge in [-0.25, -0.2) is 4.98 Å². The van der Waals surface area contributed by atoms with Crippen molar-refractivity contribution in [3.8, 4) is 0 Å². The molecule has 3 rings (SSSR count). The summed E-state index contributed by atoms with van der Waals surface area (Å²) in [6, 6.07) is 13.8. The molecule has 1 aliphatic carbocycles. The Morgan fingerprint density at radius 1 is 1.26 bits per heavy atom. The maximum Gasteiger partial charge on any atom is 0.236 e. The molecule has 1 aromatic heterocycles. The number of pyridine rings is 1. The topological polar surface area (TPSA) is 62.2 Å². The summed E-state index contributed by atoms with van der Waals surface area (Å²) in [5.74, 6) is 2.13. The molecule has 120 valence electrons. The number of hydrogen-bond acceptors (Lipinski definition) is 4. The van der Waals surface area contributed by atoms with Crippen molar-refractivity contribution in [2.24, 2.45) is 0 Å². The van der Waals surface area contributed by atoms with Crippen molar-refractivity contribution in [1.82, 2.24) is 4.98 Å². The molecule has 5 heteroatoms. The zero-order chi connectivity index (χ0) is 16.1. The van der Waals surface area contributed by atoms with Crippen LogP contribution in [0.2, 0.25) is 0 Å². The smallest absolute Gasteiger partial charge is 0.236 e. The van der Waals surface area contributed by atoms with E-state index in [2.05, 4.69) is 10.3 Å². The number of anilines is 1. The van der Waals surface area contributed by atoms with E-state index in [0.717, 1.165) is 29.7 Å². The number of aromatic nitrogens is 1. The molecule has 0 aliphatic heterocycles. The molecular weight excluding hydrogens is 308 g/mol. The van der Waals surface area contributed by atoms with Crippen molar-refractivity contribution in [2.45, 2.75) is 24.0 Å². The van der Waals surface area contributed by atoms with Crippen molar-refractivity contribution >= 4 is 23.5 Å². The first kappa shape index (κ1) is 16.0. The second-order valence-corrected chi connectivity index (χ2v) is 6.83. The predicted octanol–water partition coefficient (Wildman–Crippen LogP) is 2.98. The van der Waals surface area contributed by atoms with Crippen LogP contribution in [0.15, 0.2) is 48.7 Å². The lowest BCUT2D eigenvalue weighted by atomic mass is 9.95. The molecule has 1 fully saturated rings. The van der Waals surface area contributed by atoms with E-state index in [-0.39, 0.29) is 17.9 Å². The molecule has 4 nitrogen and oxygen atoms in total. The molecule has 2 aromatic rings. The number of rotatable bonds is 7. The average molecular weight is 328 g/mol. The summed E-state index contributed by atoms with van der Waals surface area (Å²) in [5.41, 5.74) is 1.79. The highest BCUT2D eigenvalue weighted by molar-refractivity contribution is 7.98. The number of carbonyl (C=O) groups is 1. The minimum absolute atomic E-state index is 0.0244. The van der Waals surface area contributed by atoms with Gasteiger partial charge in [-0.1, -0.05) is 30.3 Å². The van der Waals surface area contributed by atoms with Crippen molar-refractivity contribution < 1.29 is 9.90 Å². The highest BCUT2D eigenvalue weighted by atomic mass is 32.2. The molecule has 0 radical (unpaired) electrons. The van der Waals surface area contributed by atoms with Gasteiger partial charge in [0.25, 0.3) is 0 Å². The van der Waals surface area contributed by atoms with Crippen LogP contribution in [-0.2, 0) is 16.0 Å². The number of carbonyl (C=O) groups excluding carboxylic acids is 1. The number of thioether (sulfide) groups is 1. The molecule has 0 spiro atoms. The first-order valence-corrected chi connectivity index (χ1v) is 8.90. The molecule has 23 heavy (non-hydrogen) atoms. The van der Waals surface area contributed by atoms with Gasteiger partial charge >= 0.3 is 0 Å². The Hall–Kier alpha value is -1.85. The molecule has 1 aromatic carbocycles. The molecular formula is C18H20N2O2S. The van der Waals surface area contributed by atoms with Gasteiger partial charge in [0.05, 0.1) is 12.0 Å². The quantitative estimate of drug-likeness (QED) is 0.767. The molecule has 0 saturated heterocycles. The lowest BCUT2D eigenvalue weighted by Gasteiger charge is -2.15. The highest BCUT2D eigenvalue weighted by Crippen LogP contribution is 2.48. The van der Waals surface area contributed by atoms with Crippen molar-refractivity contribution in [3.05, 3.63) is 59.8 Å². The van der Waals surface area contributed by atoms with Crippen LogP contribution in [0, 0.1) is 0 Å². The predicted molar refractivity (Wildman–Crippen MR) is 93.5 cm³/mol. The van der Waals surface area contributed by atoms with E-state index in [0.29, 0.717) is 11.6 Å². The normalized spacial score (nSPS) is 15.2. The summed E-state index contributed by atoms with van der Waals surface area (Å²) >= 11 is 1.66. The zero-order valence-corrected chi connectivity index (χ0v) is 13.7. The van der Waals surface area contributed by atoms with E-state index < -0.39 is 0 Å². The lowest BCUT2D eigenvalue weighted by Crippen LogP contribution is -2.28. The van der Waals surface area contributed by atoms with Crippen molar-refractivity contribution in [2.75, 3.05) is 17.7 Å². The van der Waals surface area contributed by atoms with Gasteiger partial charge in [0.2, 0.25) is 5.91 Å². The first-order chi connectivity index (χ1) is 11.2. The number of hydrogen-bond donors (Lipinski definition) is 2. The minimum atomic E-state index is -0.384. The lowest BCUT2D eigenvalue weighted by molar-refractivity contribution is -0.118. The van der Waals surface area contributed by atoms with Gasteiger partial charge in [0, 0.05) is 17.7 Å². The molecule has 0 bridgehead atoms. The summed E-state index contributed by atoms with van der Waals surface area (Å²) in [6.07, 6.45) is 3.48. The second kappa shape index (κ2) is 7.15. The van der Waals surface area contributed by atoms with Gasteiger partial charge in [-0.2, -0.15) is 11.8 Å². The standard InChI is InChI=1S/C18H20N2O2S/c21-10-11-23-13-14-6-9-19-16(12-14)20-17(22)18(7-8-18)15-4-2-1-3-5-15/h1-6,9,12,21H,7-8,10-11,13H2,(H,19,20,22). The Morgan fingerprint density at radius 2 is 2.04 bits per heavy atom. The summed E-state index contributed by atoms with van der Waals surface area (Å²) in [4.78, 5) is 16.9. The van der Waals surface area contributed by atoms with E-state index >= 15 is 0 Å². The van der Waals surface area contributed by atoms with E-state index in [1.54, 1.807) is 18.0 Å². The van der Waals surface area contributed by atoms with Crippen LogP contribution >= 0.6 is 11.8 Å². The van der Waals surface area contributed by atoms with Crippen LogP contribution < -0.4 is 5.32 Å². The third kappa shape index (κ3) is 3.74. The van der Waals surface area contributed by atoms with Gasteiger partial charge in [0.1, 0.15) is 5.82 Å². The third-order valence-corrected chi connectivity index (χ3v) is 5.09. The zero-order valence-electron chi connectivity index (χ0n) is 12.9. The third-order valence-electron chi connectivity index (χ3n) is 4.08. The maximum absolute atomic E-state index is 12.7. The Labute approximate surface area is 140 Å². The van der Waals surface area contributed by atoms with Crippen LogP contribution in [0.5, 0.6) is 0 Å². The maximum atomic E-state index is 12.7. The molecule has 0 atom stereocenters. The fourth-order valence-corrected chi connectivity index (χ4v) is 3.34. The molecule has 1 amide bonds. The second-order valence-electron chi connectivity index (χ2n) is 5.73. The number of aliphatic hydroxyl groups excluding tert-OH is 1. The van der Waals surface area contributed by atoms with Gasteiger partial charge in [-0.05, 0) is 36.1 Å². The molecule has 1 aliphatic rings. The van der Waals surface area contributed by atoms with Gasteiger partial charge in [0.15, 0.2) is 0 Å². The Morgan fingerprint density at radius 3 is 2.74 bits per heavy atom. The van der Waals surface area contributed by atoms with Crippen LogP contribution in [-0.4, -0.2) is 28.4 Å².